The first-order chi connectivity index (χ1) is 10.2. The molecule has 1 amide bonds. The number of nitrogens with zero attached hydrogens (tertiary/aromatic N) is 2. The molecule has 0 radical (unpaired) electrons. The first-order valence-electron chi connectivity index (χ1n) is 6.79. The lowest BCUT2D eigenvalue weighted by molar-refractivity contribution is 0.0751. The van der Waals surface area contributed by atoms with Gasteiger partial charge >= 0.3 is 0 Å². The summed E-state index contributed by atoms with van der Waals surface area (Å²) in [5.74, 6) is 0.384. The highest BCUT2D eigenvalue weighted by molar-refractivity contribution is 6.00. The summed E-state index contributed by atoms with van der Waals surface area (Å²) in [4.78, 5) is 18.6. The molecule has 2 N–H and O–H groups in total. The summed E-state index contributed by atoms with van der Waals surface area (Å²) < 4.78 is 5.16. The zero-order valence-electron chi connectivity index (χ0n) is 12.2. The summed E-state index contributed by atoms with van der Waals surface area (Å²) in [6.45, 7) is 2.95. The molecule has 110 valence electrons. The molecule has 0 aliphatic heterocycles. The van der Waals surface area contributed by atoms with Crippen molar-refractivity contribution in [2.75, 3.05) is 19.4 Å². The van der Waals surface area contributed by atoms with E-state index in [9.17, 15) is 4.79 Å². The number of pyridine rings is 1. The third kappa shape index (κ3) is 3.31. The van der Waals surface area contributed by atoms with E-state index in [4.69, 9.17) is 10.5 Å². The number of aromatic nitrogens is 1. The van der Waals surface area contributed by atoms with Crippen LogP contribution in [0.1, 0.15) is 23.0 Å². The number of nitrogen functional groups attached to an aromatic ring is 1. The van der Waals surface area contributed by atoms with E-state index >= 15 is 0 Å². The molecule has 0 aliphatic rings. The Kier molecular flexibility index (Phi) is 4.77. The van der Waals surface area contributed by atoms with Crippen LogP contribution in [0.5, 0.6) is 5.75 Å². The van der Waals surface area contributed by atoms with Crippen molar-refractivity contribution in [1.29, 1.82) is 0 Å². The van der Waals surface area contributed by atoms with Crippen LogP contribution in [-0.2, 0) is 6.54 Å². The summed E-state index contributed by atoms with van der Waals surface area (Å²) in [5.41, 5.74) is 7.65. The zero-order valence-corrected chi connectivity index (χ0v) is 12.2. The van der Waals surface area contributed by atoms with E-state index in [0.717, 1.165) is 5.69 Å². The molecule has 5 nitrogen and oxygen atoms in total. The average molecular weight is 285 g/mol. The number of anilines is 1. The van der Waals surface area contributed by atoms with E-state index in [1.54, 1.807) is 29.3 Å². The largest absolute Gasteiger partial charge is 0.495 e. The summed E-state index contributed by atoms with van der Waals surface area (Å²) in [7, 11) is 1.53. The number of hydrogen-bond acceptors (Lipinski definition) is 4. The van der Waals surface area contributed by atoms with Crippen molar-refractivity contribution in [3.63, 3.8) is 0 Å². The second kappa shape index (κ2) is 6.74. The number of methoxy groups -OCH3 is 1. The van der Waals surface area contributed by atoms with E-state index in [1.165, 1.54) is 7.11 Å². The van der Waals surface area contributed by atoms with Gasteiger partial charge in [0, 0.05) is 12.7 Å². The lowest BCUT2D eigenvalue weighted by atomic mass is 10.1. The SMILES string of the molecule is CCN(Cc1ccccn1)C(=O)c1cccc(OC)c1N. The average Bonchev–Trinajstić information content (AvgIpc) is 2.53. The number of rotatable bonds is 5. The number of hydrogen-bond donors (Lipinski definition) is 1. The van der Waals surface area contributed by atoms with Crippen molar-refractivity contribution in [2.24, 2.45) is 0 Å². The normalized spacial score (nSPS) is 10.2. The lowest BCUT2D eigenvalue weighted by Crippen LogP contribution is -2.31. The van der Waals surface area contributed by atoms with Gasteiger partial charge in [-0.2, -0.15) is 0 Å². The van der Waals surface area contributed by atoms with Gasteiger partial charge in [-0.3, -0.25) is 9.78 Å². The Hall–Kier alpha value is -2.56. The maximum atomic E-state index is 12.6. The van der Waals surface area contributed by atoms with Crippen LogP contribution >= 0.6 is 0 Å². The monoisotopic (exact) mass is 285 g/mol. The Bertz CT molecular complexity index is 614. The van der Waals surface area contributed by atoms with Crippen molar-refractivity contribution >= 4 is 11.6 Å². The highest BCUT2D eigenvalue weighted by atomic mass is 16.5. The molecule has 0 fully saturated rings. The first kappa shape index (κ1) is 14.8. The van der Waals surface area contributed by atoms with Gasteiger partial charge in [0.25, 0.3) is 5.91 Å². The maximum Gasteiger partial charge on any atom is 0.256 e. The minimum Gasteiger partial charge on any atom is -0.495 e. The number of benzene rings is 1. The molecule has 0 saturated carbocycles. The highest BCUT2D eigenvalue weighted by Gasteiger charge is 2.19. The minimum absolute atomic E-state index is 0.125. The molecular formula is C16H19N3O2. The molecule has 5 heteroatoms. The van der Waals surface area contributed by atoms with Gasteiger partial charge in [-0.05, 0) is 31.2 Å². The number of para-hydroxylation sites is 1. The summed E-state index contributed by atoms with van der Waals surface area (Å²) in [6, 6.07) is 10.9. The topological polar surface area (TPSA) is 68.5 Å². The van der Waals surface area contributed by atoms with Crippen LogP contribution in [0.15, 0.2) is 42.6 Å². The molecule has 1 aromatic carbocycles. The Morgan fingerprint density at radius 1 is 1.29 bits per heavy atom. The summed E-state index contributed by atoms with van der Waals surface area (Å²) in [5, 5.41) is 0. The highest BCUT2D eigenvalue weighted by Crippen LogP contribution is 2.26. The molecule has 0 aliphatic carbocycles. The van der Waals surface area contributed by atoms with Gasteiger partial charge in [0.05, 0.1) is 30.6 Å². The number of nitrogens with two attached hydrogens (primary N) is 1. The van der Waals surface area contributed by atoms with Crippen LogP contribution in [0.2, 0.25) is 0 Å². The van der Waals surface area contributed by atoms with Crippen molar-refractivity contribution in [1.82, 2.24) is 9.88 Å². The second-order valence-electron chi connectivity index (χ2n) is 4.56. The van der Waals surface area contributed by atoms with Gasteiger partial charge in [0.2, 0.25) is 0 Å². The van der Waals surface area contributed by atoms with Gasteiger partial charge in [-0.1, -0.05) is 12.1 Å². The quantitative estimate of drug-likeness (QED) is 0.856. The Labute approximate surface area is 124 Å². The Morgan fingerprint density at radius 2 is 2.10 bits per heavy atom. The van der Waals surface area contributed by atoms with Crippen molar-refractivity contribution < 1.29 is 9.53 Å². The van der Waals surface area contributed by atoms with Crippen LogP contribution in [0.4, 0.5) is 5.69 Å². The second-order valence-corrected chi connectivity index (χ2v) is 4.56. The molecule has 2 aromatic rings. The molecule has 21 heavy (non-hydrogen) atoms. The van der Waals surface area contributed by atoms with Crippen LogP contribution in [0.25, 0.3) is 0 Å². The van der Waals surface area contributed by atoms with Gasteiger partial charge in [-0.15, -0.1) is 0 Å². The maximum absolute atomic E-state index is 12.6. The van der Waals surface area contributed by atoms with E-state index in [0.29, 0.717) is 30.1 Å². The van der Waals surface area contributed by atoms with Gasteiger partial charge in [0.15, 0.2) is 0 Å². The molecule has 2 rings (SSSR count). The van der Waals surface area contributed by atoms with E-state index in [-0.39, 0.29) is 5.91 Å². The zero-order chi connectivity index (χ0) is 15.2. The smallest absolute Gasteiger partial charge is 0.256 e. The number of carbonyl (C=O) groups is 1. The Morgan fingerprint density at radius 3 is 2.71 bits per heavy atom. The van der Waals surface area contributed by atoms with Crippen LogP contribution < -0.4 is 10.5 Å². The fourth-order valence-corrected chi connectivity index (χ4v) is 2.09. The van der Waals surface area contributed by atoms with Crippen LogP contribution in [0.3, 0.4) is 0 Å². The van der Waals surface area contributed by atoms with E-state index < -0.39 is 0 Å². The van der Waals surface area contributed by atoms with E-state index in [1.807, 2.05) is 25.1 Å². The lowest BCUT2D eigenvalue weighted by Gasteiger charge is -2.21. The molecule has 0 atom stereocenters. The van der Waals surface area contributed by atoms with Gasteiger partial charge in [0.1, 0.15) is 5.75 Å². The van der Waals surface area contributed by atoms with Crippen molar-refractivity contribution in [3.05, 3.63) is 53.9 Å². The van der Waals surface area contributed by atoms with Gasteiger partial charge in [-0.25, -0.2) is 0 Å². The Balaban J connectivity index is 2.24. The summed E-state index contributed by atoms with van der Waals surface area (Å²) in [6.07, 6.45) is 1.72. The summed E-state index contributed by atoms with van der Waals surface area (Å²) >= 11 is 0. The van der Waals surface area contributed by atoms with Crippen molar-refractivity contribution in [3.8, 4) is 5.75 Å². The number of ether oxygens (including phenoxy) is 1. The molecule has 1 aromatic heterocycles. The van der Waals surface area contributed by atoms with E-state index in [2.05, 4.69) is 4.98 Å². The van der Waals surface area contributed by atoms with Crippen LogP contribution in [0, 0.1) is 0 Å². The third-order valence-corrected chi connectivity index (χ3v) is 3.26. The third-order valence-electron chi connectivity index (χ3n) is 3.26. The standard InChI is InChI=1S/C16H19N3O2/c1-3-19(11-12-7-4-5-10-18-12)16(20)13-8-6-9-14(21-2)15(13)17/h4-10H,3,11,17H2,1-2H3. The van der Waals surface area contributed by atoms with Crippen molar-refractivity contribution in [2.45, 2.75) is 13.5 Å². The molecule has 1 heterocycles. The molecule has 0 bridgehead atoms. The molecule has 0 saturated heterocycles. The van der Waals surface area contributed by atoms with Gasteiger partial charge < -0.3 is 15.4 Å². The molecule has 0 unspecified atom stereocenters. The number of amides is 1. The predicted octanol–water partition coefficient (Wildman–Crippen LogP) is 2.33. The first-order valence-corrected chi connectivity index (χ1v) is 6.79. The minimum atomic E-state index is -0.125. The molecule has 0 spiro atoms. The predicted molar refractivity (Wildman–Crippen MR) is 82.1 cm³/mol. The van der Waals surface area contributed by atoms with Crippen LogP contribution in [-0.4, -0.2) is 29.4 Å². The number of carbonyl (C=O) groups excluding carboxylic acids is 1. The molecular weight excluding hydrogens is 266 g/mol. The fraction of sp³-hybridized carbons (Fsp3) is 0.250. The fourth-order valence-electron chi connectivity index (χ4n) is 2.09.